The van der Waals surface area contributed by atoms with E-state index in [9.17, 15) is 5.11 Å². The van der Waals surface area contributed by atoms with Crippen LogP contribution in [0.15, 0.2) is 0 Å². The maximum atomic E-state index is 9.72. The summed E-state index contributed by atoms with van der Waals surface area (Å²) in [5, 5.41) is 9.72. The van der Waals surface area contributed by atoms with Gasteiger partial charge in [-0.05, 0) is 31.6 Å². The molecule has 1 N–H and O–H groups in total. The van der Waals surface area contributed by atoms with Crippen LogP contribution < -0.4 is 0 Å². The van der Waals surface area contributed by atoms with Gasteiger partial charge in [0.05, 0.1) is 18.8 Å². The molecule has 1 aliphatic heterocycles. The second-order valence-electron chi connectivity index (χ2n) is 4.74. The molecule has 3 heteroatoms. The number of rotatable bonds is 7. The first-order chi connectivity index (χ1) is 7.77. The van der Waals surface area contributed by atoms with Crippen LogP contribution in [0.5, 0.6) is 0 Å². The number of aliphatic hydroxyl groups excluding tert-OH is 1. The first kappa shape index (κ1) is 13.9. The summed E-state index contributed by atoms with van der Waals surface area (Å²) in [6, 6.07) is 0. The number of unbranched alkanes of at least 4 members (excludes halogenated alkanes) is 1. The van der Waals surface area contributed by atoms with Crippen molar-refractivity contribution in [2.45, 2.75) is 57.7 Å². The molecule has 0 bridgehead atoms. The molecule has 3 unspecified atom stereocenters. The normalized spacial score (nSPS) is 27.9. The van der Waals surface area contributed by atoms with Crippen molar-refractivity contribution >= 4 is 0 Å². The van der Waals surface area contributed by atoms with Gasteiger partial charge < -0.3 is 14.6 Å². The Morgan fingerprint density at radius 1 is 1.44 bits per heavy atom. The molecule has 0 aromatic rings. The average molecular weight is 230 g/mol. The molecule has 0 aromatic carbocycles. The lowest BCUT2D eigenvalue weighted by Crippen LogP contribution is -2.32. The van der Waals surface area contributed by atoms with Crippen molar-refractivity contribution < 1.29 is 14.6 Å². The van der Waals surface area contributed by atoms with E-state index in [-0.39, 0.29) is 6.10 Å². The van der Waals surface area contributed by atoms with Gasteiger partial charge in [-0.25, -0.2) is 0 Å². The molecule has 3 atom stereocenters. The molecule has 0 saturated carbocycles. The molecule has 1 fully saturated rings. The predicted molar refractivity (Wildman–Crippen MR) is 64.5 cm³/mol. The number of hydrogen-bond acceptors (Lipinski definition) is 3. The maximum absolute atomic E-state index is 9.72. The molecule has 1 saturated heterocycles. The van der Waals surface area contributed by atoms with Crippen LogP contribution in [0.2, 0.25) is 0 Å². The summed E-state index contributed by atoms with van der Waals surface area (Å²) in [5.41, 5.74) is 0. The third kappa shape index (κ3) is 4.81. The van der Waals surface area contributed by atoms with E-state index in [0.29, 0.717) is 18.6 Å². The zero-order valence-electron chi connectivity index (χ0n) is 10.7. The quantitative estimate of drug-likeness (QED) is 0.682. The molecule has 3 nitrogen and oxygen atoms in total. The van der Waals surface area contributed by atoms with Gasteiger partial charge in [-0.15, -0.1) is 0 Å². The predicted octanol–water partition coefficient (Wildman–Crippen LogP) is 2.37. The minimum Gasteiger partial charge on any atom is -0.390 e. The molecule has 0 amide bonds. The third-order valence-electron chi connectivity index (χ3n) is 3.61. The van der Waals surface area contributed by atoms with E-state index in [1.807, 2.05) is 0 Å². The standard InChI is InChI=1S/C13H26O3/c1-3-12(15-2)7-5-4-6-11-8-9-16-10-13(11)14/h11-14H,3-10H2,1-2H3. The van der Waals surface area contributed by atoms with Crippen molar-refractivity contribution in [2.75, 3.05) is 20.3 Å². The SMILES string of the molecule is CCC(CCCCC1CCOCC1O)OC. The smallest absolute Gasteiger partial charge is 0.0802 e. The van der Waals surface area contributed by atoms with Gasteiger partial charge >= 0.3 is 0 Å². The lowest BCUT2D eigenvalue weighted by Gasteiger charge is -2.27. The van der Waals surface area contributed by atoms with E-state index >= 15 is 0 Å². The fraction of sp³-hybridized carbons (Fsp3) is 1.00. The molecular formula is C13H26O3. The lowest BCUT2D eigenvalue weighted by molar-refractivity contribution is -0.0467. The molecule has 1 aliphatic rings. The fourth-order valence-corrected chi connectivity index (χ4v) is 2.37. The second kappa shape index (κ2) is 8.04. The Bertz CT molecular complexity index is 169. The number of aliphatic hydroxyl groups is 1. The van der Waals surface area contributed by atoms with Gasteiger partial charge in [-0.1, -0.05) is 19.8 Å². The van der Waals surface area contributed by atoms with E-state index < -0.39 is 0 Å². The van der Waals surface area contributed by atoms with Crippen LogP contribution in [0.1, 0.15) is 45.4 Å². The molecule has 1 heterocycles. The molecular weight excluding hydrogens is 204 g/mol. The summed E-state index contributed by atoms with van der Waals surface area (Å²) in [4.78, 5) is 0. The van der Waals surface area contributed by atoms with Gasteiger partial charge in [-0.2, -0.15) is 0 Å². The van der Waals surface area contributed by atoms with Crippen LogP contribution in [0, 0.1) is 5.92 Å². The number of methoxy groups -OCH3 is 1. The summed E-state index contributed by atoms with van der Waals surface area (Å²) >= 11 is 0. The fourth-order valence-electron chi connectivity index (χ4n) is 2.37. The van der Waals surface area contributed by atoms with Gasteiger partial charge in [0.15, 0.2) is 0 Å². The summed E-state index contributed by atoms with van der Waals surface area (Å²) in [6.07, 6.45) is 6.96. The molecule has 1 rings (SSSR count). The minimum absolute atomic E-state index is 0.238. The van der Waals surface area contributed by atoms with Crippen molar-refractivity contribution in [3.8, 4) is 0 Å². The van der Waals surface area contributed by atoms with Gasteiger partial charge in [0.25, 0.3) is 0 Å². The van der Waals surface area contributed by atoms with E-state index in [1.54, 1.807) is 7.11 Å². The van der Waals surface area contributed by atoms with Gasteiger partial charge in [-0.3, -0.25) is 0 Å². The average Bonchev–Trinajstić information content (AvgIpc) is 2.31. The Kier molecular flexibility index (Phi) is 7.01. The Balaban J connectivity index is 2.05. The van der Waals surface area contributed by atoms with E-state index in [1.165, 1.54) is 12.8 Å². The van der Waals surface area contributed by atoms with Crippen LogP contribution in [0.25, 0.3) is 0 Å². The highest BCUT2D eigenvalue weighted by Crippen LogP contribution is 2.22. The Labute approximate surface area is 99.1 Å². The zero-order valence-corrected chi connectivity index (χ0v) is 10.7. The highest BCUT2D eigenvalue weighted by atomic mass is 16.5. The van der Waals surface area contributed by atoms with Gasteiger partial charge in [0.1, 0.15) is 0 Å². The van der Waals surface area contributed by atoms with Crippen LogP contribution >= 0.6 is 0 Å². The highest BCUT2D eigenvalue weighted by molar-refractivity contribution is 4.72. The number of hydrogen-bond donors (Lipinski definition) is 1. The zero-order chi connectivity index (χ0) is 11.8. The van der Waals surface area contributed by atoms with Crippen molar-refractivity contribution in [3.05, 3.63) is 0 Å². The van der Waals surface area contributed by atoms with Crippen molar-refractivity contribution in [1.82, 2.24) is 0 Å². The van der Waals surface area contributed by atoms with Crippen molar-refractivity contribution in [1.29, 1.82) is 0 Å². The summed E-state index contributed by atoms with van der Waals surface area (Å²) in [5.74, 6) is 0.455. The van der Waals surface area contributed by atoms with Crippen LogP contribution in [0.4, 0.5) is 0 Å². The Morgan fingerprint density at radius 2 is 2.25 bits per heavy atom. The molecule has 0 aliphatic carbocycles. The summed E-state index contributed by atoms with van der Waals surface area (Å²) in [6.45, 7) is 3.51. The topological polar surface area (TPSA) is 38.7 Å². The molecule has 16 heavy (non-hydrogen) atoms. The van der Waals surface area contributed by atoms with Crippen molar-refractivity contribution in [3.63, 3.8) is 0 Å². The largest absolute Gasteiger partial charge is 0.390 e. The summed E-state index contributed by atoms with van der Waals surface area (Å²) in [7, 11) is 1.79. The summed E-state index contributed by atoms with van der Waals surface area (Å²) < 4.78 is 10.6. The van der Waals surface area contributed by atoms with Crippen LogP contribution in [0.3, 0.4) is 0 Å². The highest BCUT2D eigenvalue weighted by Gasteiger charge is 2.22. The minimum atomic E-state index is -0.238. The Hall–Kier alpha value is -0.120. The molecule has 0 spiro atoms. The van der Waals surface area contributed by atoms with Gasteiger partial charge in [0.2, 0.25) is 0 Å². The lowest BCUT2D eigenvalue weighted by atomic mass is 9.91. The van der Waals surface area contributed by atoms with Crippen LogP contribution in [-0.2, 0) is 9.47 Å². The molecule has 96 valence electrons. The maximum Gasteiger partial charge on any atom is 0.0802 e. The van der Waals surface area contributed by atoms with E-state index in [0.717, 1.165) is 32.3 Å². The molecule has 0 radical (unpaired) electrons. The molecule has 0 aromatic heterocycles. The third-order valence-corrected chi connectivity index (χ3v) is 3.61. The first-order valence-corrected chi connectivity index (χ1v) is 6.56. The Morgan fingerprint density at radius 3 is 2.88 bits per heavy atom. The second-order valence-corrected chi connectivity index (χ2v) is 4.74. The first-order valence-electron chi connectivity index (χ1n) is 6.56. The van der Waals surface area contributed by atoms with Gasteiger partial charge in [0, 0.05) is 13.7 Å². The monoisotopic (exact) mass is 230 g/mol. The number of ether oxygens (including phenoxy) is 2. The van der Waals surface area contributed by atoms with E-state index in [4.69, 9.17) is 9.47 Å². The van der Waals surface area contributed by atoms with Crippen molar-refractivity contribution in [2.24, 2.45) is 5.92 Å². The van der Waals surface area contributed by atoms with E-state index in [2.05, 4.69) is 6.92 Å². The van der Waals surface area contributed by atoms with Crippen LogP contribution in [-0.4, -0.2) is 37.6 Å².